The molecule has 0 spiro atoms. The second kappa shape index (κ2) is 6.08. The summed E-state index contributed by atoms with van der Waals surface area (Å²) in [6.07, 6.45) is 0.846. The third kappa shape index (κ3) is 3.12. The van der Waals surface area contributed by atoms with Gasteiger partial charge in [0.1, 0.15) is 0 Å². The van der Waals surface area contributed by atoms with Gasteiger partial charge in [0.05, 0.1) is 13.2 Å². The van der Waals surface area contributed by atoms with Gasteiger partial charge in [0.15, 0.2) is 0 Å². The van der Waals surface area contributed by atoms with E-state index < -0.39 is 0 Å². The van der Waals surface area contributed by atoms with E-state index in [4.69, 9.17) is 10.5 Å². The summed E-state index contributed by atoms with van der Waals surface area (Å²) in [6.45, 7) is 1.85. The summed E-state index contributed by atoms with van der Waals surface area (Å²) < 4.78 is 5.36. The average molecular weight is 282 g/mol. The Hall–Kier alpha value is -2.17. The van der Waals surface area contributed by atoms with E-state index in [2.05, 4.69) is 5.32 Å². The largest absolute Gasteiger partial charge is 0.372 e. The van der Waals surface area contributed by atoms with Crippen molar-refractivity contribution in [1.82, 2.24) is 0 Å². The Kier molecular flexibility index (Phi) is 3.99. The first-order valence-electron chi connectivity index (χ1n) is 7.06. The maximum atomic E-state index is 12.3. The lowest BCUT2D eigenvalue weighted by molar-refractivity contribution is 0.102. The Morgan fingerprint density at radius 2 is 1.86 bits per heavy atom. The molecule has 2 aromatic carbocycles. The highest BCUT2D eigenvalue weighted by Crippen LogP contribution is 2.21. The number of carbonyl (C=O) groups is 1. The number of rotatable bonds is 4. The lowest BCUT2D eigenvalue weighted by atomic mass is 10.1. The van der Waals surface area contributed by atoms with Crippen molar-refractivity contribution in [1.29, 1.82) is 0 Å². The van der Waals surface area contributed by atoms with Crippen molar-refractivity contribution >= 4 is 11.6 Å². The van der Waals surface area contributed by atoms with Gasteiger partial charge in [0, 0.05) is 11.3 Å². The molecule has 1 aliphatic rings. The van der Waals surface area contributed by atoms with Crippen LogP contribution in [0.4, 0.5) is 5.69 Å². The molecule has 3 rings (SSSR count). The molecule has 0 saturated carbocycles. The molecule has 4 nitrogen and oxygen atoms in total. The van der Waals surface area contributed by atoms with Gasteiger partial charge in [0.2, 0.25) is 0 Å². The van der Waals surface area contributed by atoms with Crippen molar-refractivity contribution < 1.29 is 9.53 Å². The zero-order valence-corrected chi connectivity index (χ0v) is 11.8. The highest BCUT2D eigenvalue weighted by molar-refractivity contribution is 6.04. The van der Waals surface area contributed by atoms with Gasteiger partial charge in [0.25, 0.3) is 5.91 Å². The average Bonchev–Trinajstić information content (AvgIpc) is 2.97. The molecule has 4 heteroatoms. The van der Waals surface area contributed by atoms with E-state index in [-0.39, 0.29) is 5.91 Å². The van der Waals surface area contributed by atoms with E-state index >= 15 is 0 Å². The maximum Gasteiger partial charge on any atom is 0.255 e. The van der Waals surface area contributed by atoms with Crippen molar-refractivity contribution in [3.63, 3.8) is 0 Å². The Bertz CT molecular complexity index is 650. The molecular formula is C17H18N2O2. The van der Waals surface area contributed by atoms with E-state index in [1.165, 1.54) is 5.56 Å². The lowest BCUT2D eigenvalue weighted by Crippen LogP contribution is -2.12. The molecule has 1 heterocycles. The van der Waals surface area contributed by atoms with Crippen molar-refractivity contribution in [3.05, 3.63) is 64.7 Å². The summed E-state index contributed by atoms with van der Waals surface area (Å²) in [5.74, 6) is -0.101. The molecule has 1 amide bonds. The van der Waals surface area contributed by atoms with Crippen LogP contribution in [0.1, 0.15) is 27.0 Å². The molecule has 0 radical (unpaired) electrons. The SMILES string of the molecule is NCCc1ccc(NC(=O)c2ccc3c(c2)COC3)cc1. The molecule has 0 unspecified atom stereocenters. The number of nitrogens with two attached hydrogens (primary N) is 1. The number of hydrogen-bond acceptors (Lipinski definition) is 3. The molecule has 0 aliphatic carbocycles. The van der Waals surface area contributed by atoms with E-state index in [1.54, 1.807) is 0 Å². The Morgan fingerprint density at radius 1 is 1.10 bits per heavy atom. The van der Waals surface area contributed by atoms with Crippen LogP contribution in [0.5, 0.6) is 0 Å². The van der Waals surface area contributed by atoms with Crippen molar-refractivity contribution in [2.75, 3.05) is 11.9 Å². The van der Waals surface area contributed by atoms with Crippen LogP contribution in [-0.2, 0) is 24.4 Å². The minimum Gasteiger partial charge on any atom is -0.372 e. The van der Waals surface area contributed by atoms with Gasteiger partial charge in [-0.15, -0.1) is 0 Å². The number of hydrogen-bond donors (Lipinski definition) is 2. The summed E-state index contributed by atoms with van der Waals surface area (Å²) in [5.41, 5.74) is 10.4. The molecule has 108 valence electrons. The van der Waals surface area contributed by atoms with Crippen LogP contribution in [0.2, 0.25) is 0 Å². The molecule has 0 fully saturated rings. The molecule has 0 aromatic heterocycles. The first kappa shape index (κ1) is 13.8. The van der Waals surface area contributed by atoms with Crippen molar-refractivity contribution in [2.24, 2.45) is 5.73 Å². The number of fused-ring (bicyclic) bond motifs is 1. The summed E-state index contributed by atoms with van der Waals surface area (Å²) in [5, 5.41) is 2.91. The highest BCUT2D eigenvalue weighted by Gasteiger charge is 2.14. The van der Waals surface area contributed by atoms with Gasteiger partial charge >= 0.3 is 0 Å². The van der Waals surface area contributed by atoms with E-state index in [1.807, 2.05) is 42.5 Å². The van der Waals surface area contributed by atoms with Gasteiger partial charge < -0.3 is 15.8 Å². The number of nitrogens with one attached hydrogen (secondary N) is 1. The van der Waals surface area contributed by atoms with Crippen molar-refractivity contribution in [3.8, 4) is 0 Å². The molecule has 0 bridgehead atoms. The molecule has 1 aliphatic heterocycles. The molecule has 2 aromatic rings. The minimum atomic E-state index is -0.101. The topological polar surface area (TPSA) is 64.3 Å². The van der Waals surface area contributed by atoms with E-state index in [0.29, 0.717) is 25.3 Å². The first-order chi connectivity index (χ1) is 10.3. The number of ether oxygens (including phenoxy) is 1. The number of carbonyl (C=O) groups excluding carboxylic acids is 1. The van der Waals surface area contributed by atoms with Gasteiger partial charge in [-0.2, -0.15) is 0 Å². The van der Waals surface area contributed by atoms with Gasteiger partial charge in [-0.05, 0) is 53.9 Å². The standard InChI is InChI=1S/C17H18N2O2/c18-8-7-12-1-5-16(6-2-12)19-17(20)13-3-4-14-10-21-11-15(14)9-13/h1-6,9H,7-8,10-11,18H2,(H,19,20). The second-order valence-corrected chi connectivity index (χ2v) is 5.17. The van der Waals surface area contributed by atoms with Crippen LogP contribution in [-0.4, -0.2) is 12.5 Å². The van der Waals surface area contributed by atoms with Gasteiger partial charge in [-0.1, -0.05) is 18.2 Å². The van der Waals surface area contributed by atoms with Gasteiger partial charge in [-0.3, -0.25) is 4.79 Å². The second-order valence-electron chi connectivity index (χ2n) is 5.17. The molecule has 0 atom stereocenters. The van der Waals surface area contributed by atoms with E-state index in [9.17, 15) is 4.79 Å². The van der Waals surface area contributed by atoms with Crippen LogP contribution in [0.3, 0.4) is 0 Å². The van der Waals surface area contributed by atoms with Crippen LogP contribution >= 0.6 is 0 Å². The molecule has 21 heavy (non-hydrogen) atoms. The summed E-state index contributed by atoms with van der Waals surface area (Å²) in [6, 6.07) is 13.5. The summed E-state index contributed by atoms with van der Waals surface area (Å²) >= 11 is 0. The number of anilines is 1. The first-order valence-corrected chi connectivity index (χ1v) is 7.06. The fourth-order valence-corrected chi connectivity index (χ4v) is 2.44. The minimum absolute atomic E-state index is 0.101. The third-order valence-electron chi connectivity index (χ3n) is 3.63. The fourth-order valence-electron chi connectivity index (χ4n) is 2.44. The number of amides is 1. The Labute approximate surface area is 123 Å². The Balaban J connectivity index is 1.71. The lowest BCUT2D eigenvalue weighted by Gasteiger charge is -2.07. The molecular weight excluding hydrogens is 264 g/mol. The van der Waals surface area contributed by atoms with Crippen LogP contribution < -0.4 is 11.1 Å². The molecule has 0 saturated heterocycles. The Morgan fingerprint density at radius 3 is 2.62 bits per heavy atom. The summed E-state index contributed by atoms with van der Waals surface area (Å²) in [4.78, 5) is 12.3. The predicted molar refractivity (Wildman–Crippen MR) is 82.1 cm³/mol. The monoisotopic (exact) mass is 282 g/mol. The number of benzene rings is 2. The maximum absolute atomic E-state index is 12.3. The normalized spacial score (nSPS) is 13.0. The van der Waals surface area contributed by atoms with Crippen LogP contribution in [0.25, 0.3) is 0 Å². The summed E-state index contributed by atoms with van der Waals surface area (Å²) in [7, 11) is 0. The van der Waals surface area contributed by atoms with Gasteiger partial charge in [-0.25, -0.2) is 0 Å². The smallest absolute Gasteiger partial charge is 0.255 e. The fraction of sp³-hybridized carbons (Fsp3) is 0.235. The zero-order valence-electron chi connectivity index (χ0n) is 11.8. The highest BCUT2D eigenvalue weighted by atomic mass is 16.5. The van der Waals surface area contributed by atoms with Crippen molar-refractivity contribution in [2.45, 2.75) is 19.6 Å². The van der Waals surface area contributed by atoms with Crippen LogP contribution in [0.15, 0.2) is 42.5 Å². The zero-order chi connectivity index (χ0) is 14.7. The predicted octanol–water partition coefficient (Wildman–Crippen LogP) is 2.47. The molecule has 3 N–H and O–H groups in total. The van der Waals surface area contributed by atoms with E-state index in [0.717, 1.165) is 23.2 Å². The quantitative estimate of drug-likeness (QED) is 0.905. The van der Waals surface area contributed by atoms with Crippen LogP contribution in [0, 0.1) is 0 Å². The third-order valence-corrected chi connectivity index (χ3v) is 3.63.